The number of benzene rings is 2. The predicted octanol–water partition coefficient (Wildman–Crippen LogP) is 4.16. The summed E-state index contributed by atoms with van der Waals surface area (Å²) in [7, 11) is 0. The standard InChI is InChI=1S/C22H20N4O4/c1-3-30-22(27)19-13(2)24-21-16(12-23-17-9-4-5-10-18(17)25-21)20(19)14-7-6-8-15(11-14)26(28)29/h4-12,20,24-25H,3H2,1-2H3/t20-/m1/s1. The SMILES string of the molecule is CCOC(=O)C1=C(C)NC2=C(C=Nc3ccccc3N2)[C@H]1c1cccc([N+](=O)[O-])c1. The Morgan fingerprint density at radius 2 is 2.00 bits per heavy atom. The Kier molecular flexibility index (Phi) is 5.05. The van der Waals surface area contributed by atoms with Crippen molar-refractivity contribution in [1.29, 1.82) is 0 Å². The molecule has 0 aliphatic carbocycles. The molecule has 30 heavy (non-hydrogen) atoms. The van der Waals surface area contributed by atoms with Crippen molar-refractivity contribution in [3.05, 3.63) is 86.9 Å². The molecule has 0 bridgehead atoms. The third-order valence-electron chi connectivity index (χ3n) is 5.02. The zero-order valence-corrected chi connectivity index (χ0v) is 16.5. The number of aliphatic imine (C=N–C) groups is 1. The molecule has 2 aromatic rings. The first kappa shape index (κ1) is 19.4. The van der Waals surface area contributed by atoms with Gasteiger partial charge in [0.1, 0.15) is 5.82 Å². The lowest BCUT2D eigenvalue weighted by molar-refractivity contribution is -0.384. The minimum Gasteiger partial charge on any atom is -0.463 e. The van der Waals surface area contributed by atoms with Crippen LogP contribution in [-0.4, -0.2) is 23.7 Å². The van der Waals surface area contributed by atoms with E-state index in [0.717, 1.165) is 11.4 Å². The van der Waals surface area contributed by atoms with Crippen LogP contribution in [0.5, 0.6) is 0 Å². The molecule has 1 atom stereocenters. The van der Waals surface area contributed by atoms with E-state index in [1.165, 1.54) is 12.1 Å². The molecule has 0 radical (unpaired) electrons. The molecule has 2 aliphatic heterocycles. The van der Waals surface area contributed by atoms with E-state index in [2.05, 4.69) is 15.6 Å². The van der Waals surface area contributed by atoms with Gasteiger partial charge >= 0.3 is 5.97 Å². The molecule has 0 fully saturated rings. The number of non-ortho nitro benzene ring substituents is 1. The van der Waals surface area contributed by atoms with Gasteiger partial charge < -0.3 is 15.4 Å². The number of ether oxygens (including phenoxy) is 1. The Balaban J connectivity index is 1.89. The number of para-hydroxylation sites is 2. The van der Waals surface area contributed by atoms with Crippen LogP contribution in [-0.2, 0) is 9.53 Å². The van der Waals surface area contributed by atoms with Crippen molar-refractivity contribution >= 4 is 29.2 Å². The van der Waals surface area contributed by atoms with Gasteiger partial charge in [0.25, 0.3) is 5.69 Å². The molecule has 0 saturated carbocycles. The molecule has 0 unspecified atom stereocenters. The highest BCUT2D eigenvalue weighted by Crippen LogP contribution is 2.41. The fourth-order valence-corrected chi connectivity index (χ4v) is 3.70. The first-order chi connectivity index (χ1) is 14.5. The van der Waals surface area contributed by atoms with Crippen LogP contribution in [0.1, 0.15) is 25.3 Å². The van der Waals surface area contributed by atoms with E-state index in [4.69, 9.17) is 4.74 Å². The van der Waals surface area contributed by atoms with Crippen molar-refractivity contribution in [3.63, 3.8) is 0 Å². The van der Waals surface area contributed by atoms with Gasteiger partial charge in [-0.05, 0) is 31.5 Å². The van der Waals surface area contributed by atoms with Crippen LogP contribution in [0.3, 0.4) is 0 Å². The lowest BCUT2D eigenvalue weighted by Gasteiger charge is -2.30. The summed E-state index contributed by atoms with van der Waals surface area (Å²) in [5.74, 6) is -0.378. The van der Waals surface area contributed by atoms with E-state index in [0.29, 0.717) is 28.2 Å². The van der Waals surface area contributed by atoms with Gasteiger partial charge in [-0.1, -0.05) is 24.3 Å². The van der Waals surface area contributed by atoms with E-state index in [1.54, 1.807) is 32.2 Å². The monoisotopic (exact) mass is 404 g/mol. The summed E-state index contributed by atoms with van der Waals surface area (Å²) in [4.78, 5) is 28.3. The van der Waals surface area contributed by atoms with E-state index in [9.17, 15) is 14.9 Å². The molecular formula is C22H20N4O4. The van der Waals surface area contributed by atoms with Crippen molar-refractivity contribution in [2.24, 2.45) is 4.99 Å². The van der Waals surface area contributed by atoms with Crippen molar-refractivity contribution < 1.29 is 14.5 Å². The van der Waals surface area contributed by atoms with Gasteiger partial charge in [-0.15, -0.1) is 0 Å². The largest absolute Gasteiger partial charge is 0.463 e. The summed E-state index contributed by atoms with van der Waals surface area (Å²) in [5.41, 5.74) is 3.84. The molecule has 2 aromatic carbocycles. The Labute approximate surface area is 173 Å². The maximum atomic E-state index is 12.8. The average Bonchev–Trinajstić information content (AvgIpc) is 2.92. The zero-order valence-electron chi connectivity index (χ0n) is 16.5. The quantitative estimate of drug-likeness (QED) is 0.450. The third-order valence-corrected chi connectivity index (χ3v) is 5.02. The predicted molar refractivity (Wildman–Crippen MR) is 114 cm³/mol. The highest BCUT2D eigenvalue weighted by molar-refractivity contribution is 5.98. The Morgan fingerprint density at radius 3 is 2.77 bits per heavy atom. The molecule has 8 heteroatoms. The van der Waals surface area contributed by atoms with Gasteiger partial charge in [0, 0.05) is 35.5 Å². The van der Waals surface area contributed by atoms with Crippen molar-refractivity contribution in [1.82, 2.24) is 5.32 Å². The van der Waals surface area contributed by atoms with Crippen LogP contribution >= 0.6 is 0 Å². The summed E-state index contributed by atoms with van der Waals surface area (Å²) in [6.45, 7) is 3.75. The molecule has 0 amide bonds. The number of rotatable bonds is 4. The number of nitro groups is 1. The van der Waals surface area contributed by atoms with Crippen LogP contribution < -0.4 is 10.6 Å². The number of nitrogens with zero attached hydrogens (tertiary/aromatic N) is 2. The van der Waals surface area contributed by atoms with Gasteiger partial charge in [-0.25, -0.2) is 4.79 Å². The Bertz CT molecular complexity index is 1130. The number of carbonyl (C=O) groups excluding carboxylic acids is 1. The lowest BCUT2D eigenvalue weighted by atomic mass is 9.81. The second-order valence-electron chi connectivity index (χ2n) is 6.90. The first-order valence-corrected chi connectivity index (χ1v) is 9.53. The van der Waals surface area contributed by atoms with Crippen LogP contribution in [0.4, 0.5) is 17.1 Å². The summed E-state index contributed by atoms with van der Waals surface area (Å²) in [5, 5.41) is 17.9. The number of nitrogens with one attached hydrogen (secondary N) is 2. The highest BCUT2D eigenvalue weighted by atomic mass is 16.6. The molecule has 2 N–H and O–H groups in total. The summed E-state index contributed by atoms with van der Waals surface area (Å²) in [6.07, 6.45) is 1.69. The van der Waals surface area contributed by atoms with Crippen molar-refractivity contribution in [2.45, 2.75) is 19.8 Å². The zero-order chi connectivity index (χ0) is 21.3. The van der Waals surface area contributed by atoms with Gasteiger partial charge in [0.15, 0.2) is 0 Å². The number of allylic oxidation sites excluding steroid dienone is 2. The maximum Gasteiger partial charge on any atom is 0.336 e. The van der Waals surface area contributed by atoms with E-state index >= 15 is 0 Å². The van der Waals surface area contributed by atoms with E-state index in [-0.39, 0.29) is 12.3 Å². The molecule has 4 rings (SSSR count). The second kappa shape index (κ2) is 7.82. The molecule has 0 saturated heterocycles. The molecule has 0 aromatic heterocycles. The van der Waals surface area contributed by atoms with Crippen LogP contribution in [0.2, 0.25) is 0 Å². The van der Waals surface area contributed by atoms with Crippen molar-refractivity contribution in [2.75, 3.05) is 11.9 Å². The van der Waals surface area contributed by atoms with Crippen molar-refractivity contribution in [3.8, 4) is 0 Å². The first-order valence-electron chi connectivity index (χ1n) is 9.53. The minimum absolute atomic E-state index is 0.0455. The Morgan fingerprint density at radius 1 is 1.20 bits per heavy atom. The number of anilines is 1. The summed E-state index contributed by atoms with van der Waals surface area (Å²) >= 11 is 0. The number of nitro benzene ring substituents is 1. The molecular weight excluding hydrogens is 384 g/mol. The summed E-state index contributed by atoms with van der Waals surface area (Å²) in [6, 6.07) is 13.9. The maximum absolute atomic E-state index is 12.8. The van der Waals surface area contributed by atoms with E-state index in [1.807, 2.05) is 24.3 Å². The smallest absolute Gasteiger partial charge is 0.336 e. The van der Waals surface area contributed by atoms with E-state index < -0.39 is 16.8 Å². The number of hydrogen-bond donors (Lipinski definition) is 2. The molecule has 152 valence electrons. The number of fused-ring (bicyclic) bond motifs is 1. The minimum atomic E-state index is -0.578. The number of dihydropyridines is 1. The van der Waals surface area contributed by atoms with Gasteiger partial charge in [-0.3, -0.25) is 15.1 Å². The molecule has 0 spiro atoms. The molecule has 2 heterocycles. The lowest BCUT2D eigenvalue weighted by Crippen LogP contribution is -2.33. The fourth-order valence-electron chi connectivity index (χ4n) is 3.70. The van der Waals surface area contributed by atoms with Gasteiger partial charge in [0.2, 0.25) is 0 Å². The van der Waals surface area contributed by atoms with Gasteiger partial charge in [-0.2, -0.15) is 0 Å². The van der Waals surface area contributed by atoms with Crippen LogP contribution in [0, 0.1) is 10.1 Å². The topological polar surface area (TPSA) is 106 Å². The normalized spacial score (nSPS) is 17.3. The second-order valence-corrected chi connectivity index (χ2v) is 6.90. The molecule has 2 aliphatic rings. The number of hydrogen-bond acceptors (Lipinski definition) is 7. The number of carbonyl (C=O) groups is 1. The highest BCUT2D eigenvalue weighted by Gasteiger charge is 2.36. The van der Waals surface area contributed by atoms with Crippen LogP contribution in [0.25, 0.3) is 0 Å². The third kappa shape index (κ3) is 3.43. The van der Waals surface area contributed by atoms with Crippen LogP contribution in [0.15, 0.2) is 76.2 Å². The van der Waals surface area contributed by atoms with Gasteiger partial charge in [0.05, 0.1) is 28.5 Å². The average molecular weight is 404 g/mol. The fraction of sp³-hybridized carbons (Fsp3) is 0.182. The molecule has 8 nitrogen and oxygen atoms in total. The summed E-state index contributed by atoms with van der Waals surface area (Å²) < 4.78 is 5.30. The Hall–Kier alpha value is -3.94. The number of esters is 1.